The fourth-order valence-corrected chi connectivity index (χ4v) is 2.77. The summed E-state index contributed by atoms with van der Waals surface area (Å²) in [6, 6.07) is 6.36. The van der Waals surface area contributed by atoms with Crippen LogP contribution in [0.15, 0.2) is 29.4 Å². The van der Waals surface area contributed by atoms with E-state index in [2.05, 4.69) is 31.1 Å². The van der Waals surface area contributed by atoms with E-state index in [1.807, 2.05) is 24.4 Å². The van der Waals surface area contributed by atoms with Crippen molar-refractivity contribution in [1.82, 2.24) is 10.3 Å². The topological polar surface area (TPSA) is 45.1 Å². The maximum Gasteiger partial charge on any atom is 0.0959 e. The van der Waals surface area contributed by atoms with E-state index in [9.17, 15) is 5.11 Å². The molecule has 0 radical (unpaired) electrons. The average molecular weight is 268 g/mol. The van der Waals surface area contributed by atoms with E-state index in [-0.39, 0.29) is 12.1 Å². The molecule has 0 aromatic carbocycles. The summed E-state index contributed by atoms with van der Waals surface area (Å²) in [5.74, 6) is 1.03. The molecule has 0 aliphatic rings. The van der Waals surface area contributed by atoms with Crippen LogP contribution >= 0.6 is 11.8 Å². The minimum absolute atomic E-state index is 0.168. The second-order valence-corrected chi connectivity index (χ2v) is 6.25. The Kier molecular flexibility index (Phi) is 6.68. The molecule has 0 spiro atoms. The van der Waals surface area contributed by atoms with Gasteiger partial charge in [-0.2, -0.15) is 0 Å². The summed E-state index contributed by atoms with van der Waals surface area (Å²) in [6.45, 7) is 6.48. The number of hydrogen-bond donors (Lipinski definition) is 2. The van der Waals surface area contributed by atoms with Crippen molar-refractivity contribution < 1.29 is 5.11 Å². The van der Waals surface area contributed by atoms with Gasteiger partial charge in [-0.25, -0.2) is 4.98 Å². The van der Waals surface area contributed by atoms with E-state index >= 15 is 0 Å². The van der Waals surface area contributed by atoms with Crippen molar-refractivity contribution in [3.05, 3.63) is 24.4 Å². The van der Waals surface area contributed by atoms with Crippen LogP contribution in [0.3, 0.4) is 0 Å². The van der Waals surface area contributed by atoms with Crippen molar-refractivity contribution in [3.63, 3.8) is 0 Å². The number of thioether (sulfide) groups is 1. The lowest BCUT2D eigenvalue weighted by atomic mass is 9.96. The normalized spacial score (nSPS) is 14.7. The van der Waals surface area contributed by atoms with E-state index in [1.165, 1.54) is 0 Å². The Bertz CT molecular complexity index is 332. The lowest BCUT2D eigenvalue weighted by Crippen LogP contribution is -2.49. The Morgan fingerprint density at radius 2 is 2.22 bits per heavy atom. The third-order valence-electron chi connectivity index (χ3n) is 2.75. The first-order valence-corrected chi connectivity index (χ1v) is 7.47. The van der Waals surface area contributed by atoms with Crippen molar-refractivity contribution in [3.8, 4) is 0 Å². The standard InChI is InChI=1S/C14H24N2OS/c1-12(2)16-14(3,11-17)8-6-10-18-13-7-4-5-9-15-13/h4-5,7,9,12,16-17H,6,8,10-11H2,1-3H3. The van der Waals surface area contributed by atoms with Crippen molar-refractivity contribution >= 4 is 11.8 Å². The molecule has 0 aliphatic carbocycles. The maximum atomic E-state index is 9.47. The summed E-state index contributed by atoms with van der Waals surface area (Å²) in [4.78, 5) is 4.28. The molecule has 0 saturated carbocycles. The molecular formula is C14H24N2OS. The molecule has 1 heterocycles. The van der Waals surface area contributed by atoms with Gasteiger partial charge >= 0.3 is 0 Å². The SMILES string of the molecule is CC(C)NC(C)(CO)CCCSc1ccccn1. The highest BCUT2D eigenvalue weighted by atomic mass is 32.2. The average Bonchev–Trinajstić information content (AvgIpc) is 2.35. The second kappa shape index (κ2) is 7.77. The van der Waals surface area contributed by atoms with Gasteiger partial charge in [0.05, 0.1) is 11.6 Å². The molecule has 1 rings (SSSR count). The number of rotatable bonds is 8. The highest BCUT2D eigenvalue weighted by molar-refractivity contribution is 7.99. The van der Waals surface area contributed by atoms with Gasteiger partial charge in [-0.3, -0.25) is 0 Å². The Labute approximate surface area is 114 Å². The fourth-order valence-electron chi connectivity index (χ4n) is 1.97. The van der Waals surface area contributed by atoms with Gasteiger partial charge in [0.1, 0.15) is 0 Å². The van der Waals surface area contributed by atoms with E-state index in [1.54, 1.807) is 11.8 Å². The lowest BCUT2D eigenvalue weighted by Gasteiger charge is -2.31. The highest BCUT2D eigenvalue weighted by Crippen LogP contribution is 2.19. The number of pyridine rings is 1. The molecule has 1 atom stereocenters. The molecule has 18 heavy (non-hydrogen) atoms. The van der Waals surface area contributed by atoms with Gasteiger partial charge in [0.25, 0.3) is 0 Å². The summed E-state index contributed by atoms with van der Waals surface area (Å²) in [5, 5.41) is 14.0. The zero-order valence-corrected chi connectivity index (χ0v) is 12.3. The van der Waals surface area contributed by atoms with Crippen molar-refractivity contribution in [1.29, 1.82) is 0 Å². The van der Waals surface area contributed by atoms with Crippen LogP contribution in [0.2, 0.25) is 0 Å². The largest absolute Gasteiger partial charge is 0.394 e. The van der Waals surface area contributed by atoms with Crippen molar-refractivity contribution in [2.75, 3.05) is 12.4 Å². The maximum absolute atomic E-state index is 9.47. The smallest absolute Gasteiger partial charge is 0.0959 e. The number of aromatic nitrogens is 1. The van der Waals surface area contributed by atoms with Gasteiger partial charge in [0, 0.05) is 17.8 Å². The number of nitrogens with one attached hydrogen (secondary N) is 1. The Morgan fingerprint density at radius 1 is 1.44 bits per heavy atom. The number of nitrogens with zero attached hydrogens (tertiary/aromatic N) is 1. The van der Waals surface area contributed by atoms with Gasteiger partial charge in [-0.15, -0.1) is 11.8 Å². The summed E-state index contributed by atoms with van der Waals surface area (Å²) in [6.07, 6.45) is 3.86. The lowest BCUT2D eigenvalue weighted by molar-refractivity contribution is 0.156. The molecule has 1 unspecified atom stereocenters. The van der Waals surface area contributed by atoms with Crippen LogP contribution in [0.1, 0.15) is 33.6 Å². The van der Waals surface area contributed by atoms with E-state index in [0.29, 0.717) is 6.04 Å². The number of aliphatic hydroxyl groups is 1. The van der Waals surface area contributed by atoms with Gasteiger partial charge < -0.3 is 10.4 Å². The predicted molar refractivity (Wildman–Crippen MR) is 78.0 cm³/mol. The fraction of sp³-hybridized carbons (Fsp3) is 0.643. The Hall–Kier alpha value is -0.580. The second-order valence-electron chi connectivity index (χ2n) is 5.14. The third kappa shape index (κ3) is 5.85. The first-order valence-electron chi connectivity index (χ1n) is 6.48. The molecule has 0 bridgehead atoms. The summed E-state index contributed by atoms with van der Waals surface area (Å²) < 4.78 is 0. The molecule has 0 fully saturated rings. The Balaban J connectivity index is 2.27. The highest BCUT2D eigenvalue weighted by Gasteiger charge is 2.22. The molecule has 0 aliphatic heterocycles. The first-order chi connectivity index (χ1) is 8.56. The summed E-state index contributed by atoms with van der Waals surface area (Å²) in [7, 11) is 0. The van der Waals surface area contributed by atoms with E-state index in [0.717, 1.165) is 23.6 Å². The summed E-state index contributed by atoms with van der Waals surface area (Å²) >= 11 is 1.77. The van der Waals surface area contributed by atoms with E-state index < -0.39 is 0 Å². The monoisotopic (exact) mass is 268 g/mol. The first kappa shape index (κ1) is 15.5. The minimum atomic E-state index is -0.168. The molecule has 4 heteroatoms. The molecule has 3 nitrogen and oxygen atoms in total. The minimum Gasteiger partial charge on any atom is -0.394 e. The molecule has 1 aromatic heterocycles. The van der Waals surface area contributed by atoms with Gasteiger partial charge in [0.2, 0.25) is 0 Å². The quantitative estimate of drug-likeness (QED) is 0.562. The van der Waals surface area contributed by atoms with Crippen LogP contribution in [0.4, 0.5) is 0 Å². The zero-order valence-electron chi connectivity index (χ0n) is 11.5. The van der Waals surface area contributed by atoms with Crippen LogP contribution in [0.25, 0.3) is 0 Å². The van der Waals surface area contributed by atoms with Gasteiger partial charge in [-0.1, -0.05) is 19.9 Å². The molecule has 1 aromatic rings. The molecule has 102 valence electrons. The number of aliphatic hydroxyl groups excluding tert-OH is 1. The third-order valence-corrected chi connectivity index (χ3v) is 3.78. The zero-order chi connectivity index (χ0) is 13.4. The van der Waals surface area contributed by atoms with Crippen LogP contribution in [0.5, 0.6) is 0 Å². The van der Waals surface area contributed by atoms with Crippen LogP contribution in [0, 0.1) is 0 Å². The van der Waals surface area contributed by atoms with Crippen molar-refractivity contribution in [2.24, 2.45) is 0 Å². The van der Waals surface area contributed by atoms with Gasteiger partial charge in [-0.05, 0) is 37.7 Å². The summed E-state index contributed by atoms with van der Waals surface area (Å²) in [5.41, 5.74) is -0.168. The molecule has 2 N–H and O–H groups in total. The van der Waals surface area contributed by atoms with E-state index in [4.69, 9.17) is 0 Å². The van der Waals surface area contributed by atoms with Gasteiger partial charge in [0.15, 0.2) is 0 Å². The van der Waals surface area contributed by atoms with Crippen LogP contribution < -0.4 is 5.32 Å². The predicted octanol–water partition coefficient (Wildman–Crippen LogP) is 2.70. The van der Waals surface area contributed by atoms with Crippen LogP contribution in [-0.4, -0.2) is 34.0 Å². The van der Waals surface area contributed by atoms with Crippen molar-refractivity contribution in [2.45, 2.75) is 50.2 Å². The number of hydrogen-bond acceptors (Lipinski definition) is 4. The molecule has 0 amide bonds. The van der Waals surface area contributed by atoms with Crippen LogP contribution in [-0.2, 0) is 0 Å². The Morgan fingerprint density at radius 3 is 2.78 bits per heavy atom. The molecular weight excluding hydrogens is 244 g/mol. The molecule has 0 saturated heterocycles.